The first-order valence-corrected chi connectivity index (χ1v) is 6.52. The summed E-state index contributed by atoms with van der Waals surface area (Å²) >= 11 is 0. The van der Waals surface area contributed by atoms with Gasteiger partial charge in [0, 0.05) is 7.11 Å². The normalized spacial score (nSPS) is 14.3. The van der Waals surface area contributed by atoms with E-state index < -0.39 is 0 Å². The van der Waals surface area contributed by atoms with E-state index >= 15 is 0 Å². The van der Waals surface area contributed by atoms with Gasteiger partial charge in [-0.25, -0.2) is 0 Å². The minimum atomic E-state index is 0.753. The van der Waals surface area contributed by atoms with Crippen LogP contribution in [0.1, 0.15) is 53.4 Å². The molecule has 0 N–H and O–H groups in total. The summed E-state index contributed by atoms with van der Waals surface area (Å²) in [5.41, 5.74) is 4.30. The topological polar surface area (TPSA) is 9.23 Å². The van der Waals surface area contributed by atoms with Crippen molar-refractivity contribution in [2.24, 2.45) is 0 Å². The van der Waals surface area contributed by atoms with Crippen LogP contribution in [0.5, 0.6) is 0 Å². The lowest BCUT2D eigenvalue weighted by Crippen LogP contribution is -1.89. The monoisotopic (exact) mass is 236 g/mol. The molecule has 0 saturated heterocycles. The Morgan fingerprint density at radius 1 is 0.882 bits per heavy atom. The van der Waals surface area contributed by atoms with E-state index in [9.17, 15) is 0 Å². The van der Waals surface area contributed by atoms with Gasteiger partial charge >= 0.3 is 0 Å². The molecule has 98 valence electrons. The molecule has 0 atom stereocenters. The van der Waals surface area contributed by atoms with Crippen LogP contribution in [0, 0.1) is 0 Å². The SMILES string of the molecule is C/C=C(\C)CC/C=C(\C)CC/C=C(\C)COC. The van der Waals surface area contributed by atoms with Gasteiger partial charge in [-0.3, -0.25) is 0 Å². The molecule has 0 aliphatic heterocycles. The number of methoxy groups -OCH3 is 1. The fraction of sp³-hybridized carbons (Fsp3) is 0.625. The lowest BCUT2D eigenvalue weighted by Gasteiger charge is -2.02. The van der Waals surface area contributed by atoms with Crippen LogP contribution >= 0.6 is 0 Å². The molecule has 0 fully saturated rings. The number of rotatable bonds is 8. The summed E-state index contributed by atoms with van der Waals surface area (Å²) in [7, 11) is 1.74. The van der Waals surface area contributed by atoms with Gasteiger partial charge in [-0.2, -0.15) is 0 Å². The van der Waals surface area contributed by atoms with E-state index in [1.165, 1.54) is 29.6 Å². The highest BCUT2D eigenvalue weighted by atomic mass is 16.5. The molecule has 17 heavy (non-hydrogen) atoms. The minimum absolute atomic E-state index is 0.753. The molecule has 0 bridgehead atoms. The first kappa shape index (κ1) is 16.2. The van der Waals surface area contributed by atoms with Crippen LogP contribution < -0.4 is 0 Å². The smallest absolute Gasteiger partial charge is 0.0670 e. The first-order chi connectivity index (χ1) is 8.10. The molecule has 0 radical (unpaired) electrons. The summed E-state index contributed by atoms with van der Waals surface area (Å²) < 4.78 is 5.08. The van der Waals surface area contributed by atoms with E-state index in [-0.39, 0.29) is 0 Å². The van der Waals surface area contributed by atoms with Crippen molar-refractivity contribution in [1.29, 1.82) is 0 Å². The molecular weight excluding hydrogens is 208 g/mol. The zero-order valence-electron chi connectivity index (χ0n) is 12.2. The Morgan fingerprint density at radius 2 is 1.41 bits per heavy atom. The van der Waals surface area contributed by atoms with Crippen LogP contribution in [-0.4, -0.2) is 13.7 Å². The summed E-state index contributed by atoms with van der Waals surface area (Å²) in [6, 6.07) is 0. The highest BCUT2D eigenvalue weighted by molar-refractivity contribution is 5.05. The average Bonchev–Trinajstić information content (AvgIpc) is 2.29. The van der Waals surface area contributed by atoms with Gasteiger partial charge in [-0.1, -0.05) is 34.9 Å². The zero-order valence-corrected chi connectivity index (χ0v) is 12.2. The molecule has 0 aromatic carbocycles. The first-order valence-electron chi connectivity index (χ1n) is 6.52. The van der Waals surface area contributed by atoms with Crippen molar-refractivity contribution in [3.8, 4) is 0 Å². The third kappa shape index (κ3) is 10.1. The second-order valence-corrected chi connectivity index (χ2v) is 4.75. The van der Waals surface area contributed by atoms with Crippen molar-refractivity contribution in [3.05, 3.63) is 34.9 Å². The molecule has 0 aromatic rings. The maximum atomic E-state index is 5.08. The van der Waals surface area contributed by atoms with E-state index in [0.717, 1.165) is 19.4 Å². The molecule has 0 amide bonds. The maximum absolute atomic E-state index is 5.08. The third-order valence-electron chi connectivity index (χ3n) is 2.93. The van der Waals surface area contributed by atoms with Crippen molar-refractivity contribution in [1.82, 2.24) is 0 Å². The average molecular weight is 236 g/mol. The van der Waals surface area contributed by atoms with Crippen molar-refractivity contribution < 1.29 is 4.74 Å². The van der Waals surface area contributed by atoms with E-state index in [2.05, 4.69) is 45.9 Å². The van der Waals surface area contributed by atoms with Crippen LogP contribution in [-0.2, 0) is 4.74 Å². The number of ether oxygens (including phenoxy) is 1. The second-order valence-electron chi connectivity index (χ2n) is 4.75. The Balaban J connectivity index is 3.81. The summed E-state index contributed by atoms with van der Waals surface area (Å²) in [4.78, 5) is 0. The van der Waals surface area contributed by atoms with Crippen molar-refractivity contribution in [2.75, 3.05) is 13.7 Å². The molecule has 0 spiro atoms. The van der Waals surface area contributed by atoms with Crippen molar-refractivity contribution in [2.45, 2.75) is 53.4 Å². The van der Waals surface area contributed by atoms with Crippen molar-refractivity contribution in [3.63, 3.8) is 0 Å². The molecule has 0 saturated carbocycles. The molecule has 1 heteroatoms. The van der Waals surface area contributed by atoms with Crippen LogP contribution in [0.2, 0.25) is 0 Å². The van der Waals surface area contributed by atoms with Gasteiger partial charge in [0.25, 0.3) is 0 Å². The molecule has 0 aromatic heterocycles. The fourth-order valence-corrected chi connectivity index (χ4v) is 1.63. The molecule has 0 aliphatic rings. The Bertz CT molecular complexity index is 282. The Labute approximate surface area is 107 Å². The second kappa shape index (κ2) is 10.3. The van der Waals surface area contributed by atoms with Crippen LogP contribution in [0.25, 0.3) is 0 Å². The largest absolute Gasteiger partial charge is 0.380 e. The summed E-state index contributed by atoms with van der Waals surface area (Å²) in [5, 5.41) is 0. The molecule has 1 nitrogen and oxygen atoms in total. The lowest BCUT2D eigenvalue weighted by atomic mass is 10.1. The predicted molar refractivity (Wildman–Crippen MR) is 77.3 cm³/mol. The number of hydrogen-bond acceptors (Lipinski definition) is 1. The number of hydrogen-bond donors (Lipinski definition) is 0. The summed E-state index contributed by atoms with van der Waals surface area (Å²) in [5.74, 6) is 0. The van der Waals surface area contributed by atoms with Crippen LogP contribution in [0.3, 0.4) is 0 Å². The molecule has 0 rings (SSSR count). The predicted octanol–water partition coefficient (Wildman–Crippen LogP) is 5.05. The highest BCUT2D eigenvalue weighted by Crippen LogP contribution is 2.11. The standard InChI is InChI=1S/C16H28O/c1-6-14(2)9-7-10-15(3)11-8-12-16(4)13-17-5/h6,10,12H,7-9,11,13H2,1-5H3/b14-6+,15-10+,16-12+. The van der Waals surface area contributed by atoms with Gasteiger partial charge in [0.05, 0.1) is 6.61 Å². The lowest BCUT2D eigenvalue weighted by molar-refractivity contribution is 0.225. The van der Waals surface area contributed by atoms with E-state index in [4.69, 9.17) is 4.74 Å². The zero-order chi connectivity index (χ0) is 13.1. The van der Waals surface area contributed by atoms with Gasteiger partial charge < -0.3 is 4.74 Å². The van der Waals surface area contributed by atoms with Gasteiger partial charge in [0.1, 0.15) is 0 Å². The quantitative estimate of drug-likeness (QED) is 0.536. The Kier molecular flexibility index (Phi) is 9.84. The summed E-state index contributed by atoms with van der Waals surface area (Å²) in [6.07, 6.45) is 11.5. The molecule has 0 unspecified atom stereocenters. The van der Waals surface area contributed by atoms with Gasteiger partial charge in [0.15, 0.2) is 0 Å². The Hall–Kier alpha value is -0.820. The third-order valence-corrected chi connectivity index (χ3v) is 2.93. The maximum Gasteiger partial charge on any atom is 0.0670 e. The van der Waals surface area contributed by atoms with Crippen LogP contribution in [0.4, 0.5) is 0 Å². The Morgan fingerprint density at radius 3 is 1.94 bits per heavy atom. The fourth-order valence-electron chi connectivity index (χ4n) is 1.63. The van der Waals surface area contributed by atoms with Crippen LogP contribution in [0.15, 0.2) is 34.9 Å². The van der Waals surface area contributed by atoms with E-state index in [1.54, 1.807) is 7.11 Å². The minimum Gasteiger partial charge on any atom is -0.380 e. The summed E-state index contributed by atoms with van der Waals surface area (Å²) in [6.45, 7) is 9.40. The van der Waals surface area contributed by atoms with E-state index in [0.29, 0.717) is 0 Å². The van der Waals surface area contributed by atoms with Crippen molar-refractivity contribution >= 4 is 0 Å². The molecule has 0 heterocycles. The molecular formula is C16H28O. The molecule has 0 aliphatic carbocycles. The highest BCUT2D eigenvalue weighted by Gasteiger charge is 1.92. The number of allylic oxidation sites excluding steroid dienone is 5. The van der Waals surface area contributed by atoms with Gasteiger partial charge in [-0.05, 0) is 53.4 Å². The van der Waals surface area contributed by atoms with Gasteiger partial charge in [-0.15, -0.1) is 0 Å². The van der Waals surface area contributed by atoms with E-state index in [1.807, 2.05) is 0 Å². The van der Waals surface area contributed by atoms with Gasteiger partial charge in [0.2, 0.25) is 0 Å².